The first-order chi connectivity index (χ1) is 18.2. The number of carbonyl (C=O) groups is 1. The molecule has 0 saturated carbocycles. The molecule has 0 aliphatic heterocycles. The third kappa shape index (κ3) is 5.61. The van der Waals surface area contributed by atoms with E-state index in [9.17, 15) is 31.1 Å². The molecule has 0 N–H and O–H groups in total. The van der Waals surface area contributed by atoms with Crippen LogP contribution in [0.15, 0.2) is 54.9 Å². The number of esters is 1. The van der Waals surface area contributed by atoms with Gasteiger partial charge in [0.15, 0.2) is 23.2 Å². The minimum Gasteiger partial charge on any atom is -0.457 e. The number of aromatic nitrogens is 2. The summed E-state index contributed by atoms with van der Waals surface area (Å²) in [6, 6.07) is 6.27. The first-order valence-corrected chi connectivity index (χ1v) is 11.2. The minimum absolute atomic E-state index is 0.165. The molecule has 0 bridgehead atoms. The molecule has 1 aromatic heterocycles. The van der Waals surface area contributed by atoms with Crippen molar-refractivity contribution in [2.24, 2.45) is 0 Å². The highest BCUT2D eigenvalue weighted by Gasteiger charge is 2.24. The van der Waals surface area contributed by atoms with E-state index in [0.29, 0.717) is 29.8 Å². The second-order valence-corrected chi connectivity index (χ2v) is 8.03. The van der Waals surface area contributed by atoms with Crippen LogP contribution in [-0.2, 0) is 6.42 Å². The zero-order chi connectivity index (χ0) is 27.4. The van der Waals surface area contributed by atoms with Gasteiger partial charge in [-0.2, -0.15) is 0 Å². The van der Waals surface area contributed by atoms with Crippen LogP contribution in [0.1, 0.15) is 29.3 Å². The topological polar surface area (TPSA) is 61.3 Å². The number of alkyl halides is 1. The quantitative estimate of drug-likeness (QED) is 0.139. The number of rotatable bonds is 8. The fraction of sp³-hybridized carbons (Fsp3) is 0.148. The number of carbonyl (C=O) groups excluding carboxylic acids is 1. The molecule has 11 heteroatoms. The van der Waals surface area contributed by atoms with Crippen molar-refractivity contribution in [3.63, 3.8) is 0 Å². The molecule has 0 radical (unpaired) electrons. The lowest BCUT2D eigenvalue weighted by Crippen LogP contribution is -2.14. The Hall–Kier alpha value is -4.41. The molecule has 0 saturated heterocycles. The van der Waals surface area contributed by atoms with Crippen LogP contribution < -0.4 is 9.47 Å². The van der Waals surface area contributed by atoms with Crippen LogP contribution in [0.3, 0.4) is 0 Å². The van der Waals surface area contributed by atoms with Gasteiger partial charge in [-0.1, -0.05) is 25.5 Å². The Kier molecular flexibility index (Phi) is 7.94. The van der Waals surface area contributed by atoms with E-state index in [1.807, 2.05) is 6.92 Å². The Morgan fingerprint density at radius 1 is 0.816 bits per heavy atom. The molecule has 0 amide bonds. The van der Waals surface area contributed by atoms with Crippen LogP contribution >= 0.6 is 0 Å². The fourth-order valence-electron chi connectivity index (χ4n) is 3.68. The predicted octanol–water partition coefficient (Wildman–Crippen LogP) is 6.98. The van der Waals surface area contributed by atoms with E-state index in [0.717, 1.165) is 24.5 Å². The van der Waals surface area contributed by atoms with Crippen molar-refractivity contribution in [3.8, 4) is 34.0 Å². The summed E-state index contributed by atoms with van der Waals surface area (Å²) in [5, 5.41) is 0. The number of ether oxygens (including phenoxy) is 2. The van der Waals surface area contributed by atoms with Gasteiger partial charge in [0.05, 0.1) is 0 Å². The van der Waals surface area contributed by atoms with E-state index in [4.69, 9.17) is 0 Å². The van der Waals surface area contributed by atoms with Crippen LogP contribution in [-0.4, -0.2) is 22.8 Å². The van der Waals surface area contributed by atoms with Gasteiger partial charge in [-0.25, -0.2) is 41.1 Å². The van der Waals surface area contributed by atoms with Crippen LogP contribution in [0.4, 0.5) is 26.3 Å². The summed E-state index contributed by atoms with van der Waals surface area (Å²) in [4.78, 5) is 20.8. The van der Waals surface area contributed by atoms with E-state index >= 15 is 0 Å². The Balaban J connectivity index is 1.58. The van der Waals surface area contributed by atoms with Gasteiger partial charge in [0.2, 0.25) is 6.86 Å². The first kappa shape index (κ1) is 26.6. The van der Waals surface area contributed by atoms with Crippen LogP contribution in [0.5, 0.6) is 11.5 Å². The maximum Gasteiger partial charge on any atom is 0.349 e. The molecule has 196 valence electrons. The highest BCUT2D eigenvalue weighted by atomic mass is 19.2. The molecule has 0 unspecified atom stereocenters. The summed E-state index contributed by atoms with van der Waals surface area (Å²) >= 11 is 0. The van der Waals surface area contributed by atoms with E-state index in [-0.39, 0.29) is 17.0 Å². The SMILES string of the molecule is CCCc1cnc(-c2ccc(-c3cc(F)c(C(=O)Oc4cc(F)c(OCF)c(F)c4)c(F)c3)c(F)c2)nc1. The molecule has 5 nitrogen and oxygen atoms in total. The van der Waals surface area contributed by atoms with Crippen molar-refractivity contribution in [3.05, 3.63) is 95.1 Å². The van der Waals surface area contributed by atoms with E-state index in [2.05, 4.69) is 19.4 Å². The molecule has 4 aromatic rings. The normalized spacial score (nSPS) is 10.9. The average Bonchev–Trinajstić information content (AvgIpc) is 2.86. The van der Waals surface area contributed by atoms with Gasteiger partial charge < -0.3 is 9.47 Å². The largest absolute Gasteiger partial charge is 0.457 e. The molecule has 0 atom stereocenters. The van der Waals surface area contributed by atoms with Crippen LogP contribution in [0, 0.1) is 29.1 Å². The second kappa shape index (κ2) is 11.3. The lowest BCUT2D eigenvalue weighted by molar-refractivity contribution is 0.0723. The van der Waals surface area contributed by atoms with Gasteiger partial charge in [0, 0.05) is 35.7 Å². The summed E-state index contributed by atoms with van der Waals surface area (Å²) in [5.41, 5.74) is -0.281. The molecule has 3 aromatic carbocycles. The lowest BCUT2D eigenvalue weighted by Gasteiger charge is -2.11. The van der Waals surface area contributed by atoms with Crippen molar-refractivity contribution in [2.75, 3.05) is 6.86 Å². The predicted molar refractivity (Wildman–Crippen MR) is 125 cm³/mol. The Labute approximate surface area is 212 Å². The molecule has 1 heterocycles. The summed E-state index contributed by atoms with van der Waals surface area (Å²) in [5.74, 6) is -9.56. The van der Waals surface area contributed by atoms with Gasteiger partial charge in [0.25, 0.3) is 0 Å². The maximum absolute atomic E-state index is 14.9. The average molecular weight is 532 g/mol. The first-order valence-electron chi connectivity index (χ1n) is 11.2. The fourth-order valence-corrected chi connectivity index (χ4v) is 3.68. The van der Waals surface area contributed by atoms with Crippen molar-refractivity contribution >= 4 is 5.97 Å². The van der Waals surface area contributed by atoms with Gasteiger partial charge in [0.1, 0.15) is 28.8 Å². The Bertz CT molecular complexity index is 1450. The highest BCUT2D eigenvalue weighted by Crippen LogP contribution is 2.31. The molecule has 38 heavy (non-hydrogen) atoms. The number of nitrogens with zero attached hydrogens (tertiary/aromatic N) is 2. The molecular weight excluding hydrogens is 514 g/mol. The van der Waals surface area contributed by atoms with Gasteiger partial charge in [-0.05, 0) is 35.7 Å². The highest BCUT2D eigenvalue weighted by molar-refractivity contribution is 5.92. The number of halogens is 6. The zero-order valence-electron chi connectivity index (χ0n) is 19.7. The minimum atomic E-state index is -1.61. The molecule has 0 aliphatic rings. The van der Waals surface area contributed by atoms with Crippen LogP contribution in [0.2, 0.25) is 0 Å². The van der Waals surface area contributed by atoms with Crippen LogP contribution in [0.25, 0.3) is 22.5 Å². The summed E-state index contributed by atoms with van der Waals surface area (Å²) in [6.45, 7) is 0.496. The summed E-state index contributed by atoms with van der Waals surface area (Å²) < 4.78 is 93.2. The Morgan fingerprint density at radius 2 is 1.42 bits per heavy atom. The van der Waals surface area contributed by atoms with Crippen molar-refractivity contribution in [2.45, 2.75) is 19.8 Å². The molecular formula is C27H18F6N2O3. The van der Waals surface area contributed by atoms with Gasteiger partial charge in [-0.3, -0.25) is 0 Å². The summed E-state index contributed by atoms with van der Waals surface area (Å²) in [6.07, 6.45) is 4.98. The second-order valence-electron chi connectivity index (χ2n) is 8.03. The Morgan fingerprint density at radius 3 is 1.97 bits per heavy atom. The number of benzene rings is 3. The molecule has 0 spiro atoms. The maximum atomic E-state index is 14.9. The zero-order valence-corrected chi connectivity index (χ0v) is 19.7. The monoisotopic (exact) mass is 532 g/mol. The molecule has 0 fully saturated rings. The van der Waals surface area contributed by atoms with Gasteiger partial charge in [-0.15, -0.1) is 0 Å². The number of hydrogen-bond donors (Lipinski definition) is 0. The van der Waals surface area contributed by atoms with Crippen molar-refractivity contribution in [1.29, 1.82) is 0 Å². The van der Waals surface area contributed by atoms with Crippen molar-refractivity contribution < 1.29 is 40.6 Å². The molecule has 4 rings (SSSR count). The standard InChI is InChI=1S/C27H18F6N2O3/c1-2-3-14-11-34-26(35-12-14)15-4-5-18(19(29)6-15)16-7-20(30)24(21(31)8-16)27(36)38-17-9-22(32)25(37-13-28)23(33)10-17/h4-12H,2-3,13H2,1H3. The molecule has 0 aliphatic carbocycles. The van der Waals surface area contributed by atoms with E-state index < -0.39 is 59.0 Å². The number of hydrogen-bond acceptors (Lipinski definition) is 5. The third-order valence-corrected chi connectivity index (χ3v) is 5.41. The van der Waals surface area contributed by atoms with Crippen molar-refractivity contribution in [1.82, 2.24) is 9.97 Å². The summed E-state index contributed by atoms with van der Waals surface area (Å²) in [7, 11) is 0. The number of aryl methyl sites for hydroxylation is 1. The third-order valence-electron chi connectivity index (χ3n) is 5.41. The van der Waals surface area contributed by atoms with E-state index in [1.165, 1.54) is 12.1 Å². The smallest absolute Gasteiger partial charge is 0.349 e. The van der Waals surface area contributed by atoms with Gasteiger partial charge >= 0.3 is 5.97 Å². The van der Waals surface area contributed by atoms with E-state index in [1.54, 1.807) is 12.4 Å². The lowest BCUT2D eigenvalue weighted by atomic mass is 10.0.